The number of aromatic nitrogens is 2. The highest BCUT2D eigenvalue weighted by Gasteiger charge is 2.02. The molecule has 4 nitrogen and oxygen atoms in total. The number of pyridine rings is 2. The Morgan fingerprint density at radius 1 is 1.46 bits per heavy atom. The highest BCUT2D eigenvalue weighted by molar-refractivity contribution is 5.87. The zero-order valence-corrected chi connectivity index (χ0v) is 7.19. The molecule has 0 radical (unpaired) electrons. The molecule has 0 aliphatic rings. The van der Waals surface area contributed by atoms with Crippen LogP contribution in [-0.4, -0.2) is 17.1 Å². The number of hydrogen-bond donors (Lipinski definition) is 1. The van der Waals surface area contributed by atoms with Crippen molar-refractivity contribution >= 4 is 16.7 Å². The molecular weight excluding hydrogens is 166 g/mol. The molecule has 0 saturated heterocycles. The Hall–Kier alpha value is -1.84. The van der Waals surface area contributed by atoms with Crippen LogP contribution >= 0.6 is 0 Å². The van der Waals surface area contributed by atoms with E-state index < -0.39 is 0 Å². The van der Waals surface area contributed by atoms with Gasteiger partial charge in [-0.15, -0.1) is 0 Å². The van der Waals surface area contributed by atoms with Crippen LogP contribution in [0.2, 0.25) is 0 Å². The first-order chi connectivity index (χ1) is 6.31. The average molecular weight is 175 g/mol. The van der Waals surface area contributed by atoms with E-state index in [2.05, 4.69) is 9.97 Å². The number of nitrogen functional groups attached to an aromatic ring is 1. The van der Waals surface area contributed by atoms with Gasteiger partial charge in [-0.1, -0.05) is 6.07 Å². The summed E-state index contributed by atoms with van der Waals surface area (Å²) in [6.07, 6.45) is 1.69. The molecule has 2 heterocycles. The van der Waals surface area contributed by atoms with Crippen LogP contribution in [0.15, 0.2) is 24.4 Å². The fourth-order valence-corrected chi connectivity index (χ4v) is 1.19. The van der Waals surface area contributed by atoms with Gasteiger partial charge in [0.1, 0.15) is 5.52 Å². The van der Waals surface area contributed by atoms with Crippen LogP contribution in [0.25, 0.3) is 10.9 Å². The maximum Gasteiger partial charge on any atom is 0.215 e. The summed E-state index contributed by atoms with van der Waals surface area (Å²) >= 11 is 0. The van der Waals surface area contributed by atoms with Crippen molar-refractivity contribution in [1.29, 1.82) is 0 Å². The van der Waals surface area contributed by atoms with E-state index in [0.717, 1.165) is 5.39 Å². The second kappa shape index (κ2) is 2.90. The molecule has 2 rings (SSSR count). The third-order valence-corrected chi connectivity index (χ3v) is 1.80. The Morgan fingerprint density at radius 2 is 2.31 bits per heavy atom. The molecule has 2 aromatic heterocycles. The van der Waals surface area contributed by atoms with Crippen molar-refractivity contribution in [3.63, 3.8) is 0 Å². The van der Waals surface area contributed by atoms with Crippen LogP contribution in [-0.2, 0) is 0 Å². The van der Waals surface area contributed by atoms with Gasteiger partial charge in [-0.05, 0) is 6.07 Å². The highest BCUT2D eigenvalue weighted by Crippen LogP contribution is 2.20. The fourth-order valence-electron chi connectivity index (χ4n) is 1.19. The molecule has 0 spiro atoms. The first-order valence-electron chi connectivity index (χ1n) is 3.86. The van der Waals surface area contributed by atoms with Gasteiger partial charge in [0.2, 0.25) is 5.88 Å². The van der Waals surface area contributed by atoms with E-state index in [4.69, 9.17) is 10.5 Å². The van der Waals surface area contributed by atoms with E-state index in [9.17, 15) is 0 Å². The summed E-state index contributed by atoms with van der Waals surface area (Å²) in [5.74, 6) is 0.910. The van der Waals surface area contributed by atoms with Gasteiger partial charge in [0.05, 0.1) is 7.11 Å². The molecule has 0 bridgehead atoms. The van der Waals surface area contributed by atoms with Crippen molar-refractivity contribution in [3.05, 3.63) is 24.4 Å². The molecule has 0 aliphatic heterocycles. The van der Waals surface area contributed by atoms with Gasteiger partial charge in [-0.25, -0.2) is 0 Å². The SMILES string of the molecule is COc1cc2cccnc2c(N)n1. The van der Waals surface area contributed by atoms with Gasteiger partial charge in [-0.3, -0.25) is 4.98 Å². The Morgan fingerprint density at radius 3 is 3.08 bits per heavy atom. The number of nitrogens with two attached hydrogens (primary N) is 1. The first kappa shape index (κ1) is 7.79. The lowest BCUT2D eigenvalue weighted by atomic mass is 10.2. The van der Waals surface area contributed by atoms with Gasteiger partial charge >= 0.3 is 0 Å². The summed E-state index contributed by atoms with van der Waals surface area (Å²) in [6, 6.07) is 5.57. The lowest BCUT2D eigenvalue weighted by Crippen LogP contribution is -1.96. The van der Waals surface area contributed by atoms with Gasteiger partial charge < -0.3 is 10.5 Å². The normalized spacial score (nSPS) is 10.2. The van der Waals surface area contributed by atoms with Crippen molar-refractivity contribution < 1.29 is 4.74 Å². The van der Waals surface area contributed by atoms with Crippen LogP contribution in [0, 0.1) is 0 Å². The van der Waals surface area contributed by atoms with Crippen molar-refractivity contribution in [2.24, 2.45) is 0 Å². The van der Waals surface area contributed by atoms with E-state index >= 15 is 0 Å². The number of rotatable bonds is 1. The smallest absolute Gasteiger partial charge is 0.215 e. The molecule has 66 valence electrons. The molecule has 0 atom stereocenters. The molecule has 0 aliphatic carbocycles. The summed E-state index contributed by atoms with van der Waals surface area (Å²) in [5.41, 5.74) is 6.39. The zero-order valence-electron chi connectivity index (χ0n) is 7.19. The van der Waals surface area contributed by atoms with Crippen molar-refractivity contribution in [1.82, 2.24) is 9.97 Å². The third-order valence-electron chi connectivity index (χ3n) is 1.80. The zero-order chi connectivity index (χ0) is 9.26. The topological polar surface area (TPSA) is 61.0 Å². The quantitative estimate of drug-likeness (QED) is 0.707. The van der Waals surface area contributed by atoms with Crippen LogP contribution < -0.4 is 10.5 Å². The second-order valence-corrected chi connectivity index (χ2v) is 2.62. The summed E-state index contributed by atoms with van der Waals surface area (Å²) in [7, 11) is 1.56. The van der Waals surface area contributed by atoms with E-state index in [-0.39, 0.29) is 0 Å². The largest absolute Gasteiger partial charge is 0.481 e. The number of methoxy groups -OCH3 is 1. The van der Waals surface area contributed by atoms with E-state index in [0.29, 0.717) is 17.2 Å². The molecule has 2 N–H and O–H groups in total. The van der Waals surface area contributed by atoms with Crippen LogP contribution in [0.5, 0.6) is 5.88 Å². The van der Waals surface area contributed by atoms with Crippen molar-refractivity contribution in [3.8, 4) is 5.88 Å². The Bertz CT molecular complexity index is 442. The van der Waals surface area contributed by atoms with Crippen LogP contribution in [0.4, 0.5) is 5.82 Å². The van der Waals surface area contributed by atoms with Gasteiger partial charge in [0, 0.05) is 17.6 Å². The lowest BCUT2D eigenvalue weighted by molar-refractivity contribution is 0.399. The van der Waals surface area contributed by atoms with Gasteiger partial charge in [0.25, 0.3) is 0 Å². The standard InChI is InChI=1S/C9H9N3O/c1-13-7-5-6-3-2-4-11-8(6)9(10)12-7/h2-5H,1H3,(H2,10,12). The predicted molar refractivity (Wildman–Crippen MR) is 50.5 cm³/mol. The monoisotopic (exact) mass is 175 g/mol. The highest BCUT2D eigenvalue weighted by atomic mass is 16.5. The first-order valence-corrected chi connectivity index (χ1v) is 3.86. The third kappa shape index (κ3) is 1.26. The number of hydrogen-bond acceptors (Lipinski definition) is 4. The number of anilines is 1. The second-order valence-electron chi connectivity index (χ2n) is 2.62. The predicted octanol–water partition coefficient (Wildman–Crippen LogP) is 1.22. The summed E-state index contributed by atoms with van der Waals surface area (Å²) in [5, 5.41) is 0.937. The van der Waals surface area contributed by atoms with Gasteiger partial charge in [-0.2, -0.15) is 4.98 Å². The molecule has 0 aromatic carbocycles. The minimum Gasteiger partial charge on any atom is -0.481 e. The molecule has 2 aromatic rings. The Labute approximate surface area is 75.4 Å². The van der Waals surface area contributed by atoms with Gasteiger partial charge in [0.15, 0.2) is 5.82 Å². The van der Waals surface area contributed by atoms with Crippen molar-refractivity contribution in [2.45, 2.75) is 0 Å². The minimum atomic E-state index is 0.398. The van der Waals surface area contributed by atoms with Crippen LogP contribution in [0.3, 0.4) is 0 Å². The van der Waals surface area contributed by atoms with E-state index in [1.165, 1.54) is 0 Å². The maximum absolute atomic E-state index is 5.68. The van der Waals surface area contributed by atoms with E-state index in [1.807, 2.05) is 12.1 Å². The Balaban J connectivity index is 2.77. The number of ether oxygens (including phenoxy) is 1. The lowest BCUT2D eigenvalue weighted by Gasteiger charge is -2.03. The molecule has 0 unspecified atom stereocenters. The molecule has 0 saturated carbocycles. The molecular formula is C9H9N3O. The minimum absolute atomic E-state index is 0.398. The average Bonchev–Trinajstić information content (AvgIpc) is 2.18. The Kier molecular flexibility index (Phi) is 1.73. The summed E-state index contributed by atoms with van der Waals surface area (Å²) in [6.45, 7) is 0. The molecule has 0 fully saturated rings. The molecule has 4 heteroatoms. The fraction of sp³-hybridized carbons (Fsp3) is 0.111. The molecule has 13 heavy (non-hydrogen) atoms. The summed E-state index contributed by atoms with van der Waals surface area (Å²) in [4.78, 5) is 8.13. The van der Waals surface area contributed by atoms with Crippen LogP contribution in [0.1, 0.15) is 0 Å². The maximum atomic E-state index is 5.68. The number of nitrogens with zero attached hydrogens (tertiary/aromatic N) is 2. The van der Waals surface area contributed by atoms with Crippen molar-refractivity contribution in [2.75, 3.05) is 12.8 Å². The number of fused-ring (bicyclic) bond motifs is 1. The van der Waals surface area contributed by atoms with E-state index in [1.54, 1.807) is 19.4 Å². The summed E-state index contributed by atoms with van der Waals surface area (Å²) < 4.78 is 4.98. The molecule has 0 amide bonds.